The summed E-state index contributed by atoms with van der Waals surface area (Å²) in [6.45, 7) is 0. The first-order valence-electron chi connectivity index (χ1n) is 3.37. The fourth-order valence-electron chi connectivity index (χ4n) is 0.871. The van der Waals surface area contributed by atoms with E-state index in [1.165, 1.54) is 0 Å². The van der Waals surface area contributed by atoms with E-state index in [4.69, 9.17) is 5.73 Å². The maximum atomic E-state index is 10.4. The molecule has 0 aromatic heterocycles. The van der Waals surface area contributed by atoms with Crippen molar-refractivity contribution in [3.8, 4) is 0 Å². The molecule has 0 saturated carbocycles. The van der Waals surface area contributed by atoms with E-state index >= 15 is 0 Å². The quantitative estimate of drug-likeness (QED) is 0.527. The summed E-state index contributed by atoms with van der Waals surface area (Å²) in [5, 5.41) is 10.4. The highest BCUT2D eigenvalue weighted by atomic mass is 16.6. The Morgan fingerprint density at radius 3 is 2.42 bits per heavy atom. The smallest absolute Gasteiger partial charge is 0.291 e. The maximum Gasteiger partial charge on any atom is 0.291 e. The zero-order chi connectivity index (χ0) is 8.97. The van der Waals surface area contributed by atoms with E-state index in [1.807, 2.05) is 0 Å². The monoisotopic (exact) mass is 164 g/mol. The zero-order valence-corrected chi connectivity index (χ0v) is 6.31. The van der Waals surface area contributed by atoms with Crippen LogP contribution in [0.3, 0.4) is 0 Å². The van der Waals surface area contributed by atoms with Crippen LogP contribution in [0.15, 0.2) is 36.5 Å². The van der Waals surface area contributed by atoms with E-state index in [9.17, 15) is 10.1 Å². The van der Waals surface area contributed by atoms with Gasteiger partial charge in [0, 0.05) is 0 Å². The third-order valence-electron chi connectivity index (χ3n) is 1.42. The summed E-state index contributed by atoms with van der Waals surface area (Å²) >= 11 is 0. The molecule has 1 rings (SSSR count). The predicted octanol–water partition coefficient (Wildman–Crippen LogP) is 1.22. The van der Waals surface area contributed by atoms with Gasteiger partial charge in [0.25, 0.3) is 5.70 Å². The second-order valence-corrected chi connectivity index (χ2v) is 2.18. The van der Waals surface area contributed by atoms with E-state index in [0.29, 0.717) is 5.56 Å². The largest absolute Gasteiger partial charge is 0.399 e. The summed E-state index contributed by atoms with van der Waals surface area (Å²) in [7, 11) is 0. The van der Waals surface area contributed by atoms with Gasteiger partial charge in [0.1, 0.15) is 0 Å². The number of hydrogen-bond acceptors (Lipinski definition) is 3. The molecule has 0 atom stereocenters. The first-order chi connectivity index (χ1) is 5.75. The molecule has 1 aromatic carbocycles. The molecular weight excluding hydrogens is 156 g/mol. The van der Waals surface area contributed by atoms with Crippen LogP contribution in [0.5, 0.6) is 0 Å². The van der Waals surface area contributed by atoms with E-state index in [1.54, 1.807) is 30.3 Å². The number of benzene rings is 1. The van der Waals surface area contributed by atoms with Gasteiger partial charge in [-0.15, -0.1) is 0 Å². The van der Waals surface area contributed by atoms with E-state index < -0.39 is 4.92 Å². The molecule has 0 bridgehead atoms. The number of nitrogens with zero attached hydrogens (tertiary/aromatic N) is 1. The van der Waals surface area contributed by atoms with Gasteiger partial charge in [-0.3, -0.25) is 10.1 Å². The molecule has 4 heteroatoms. The van der Waals surface area contributed by atoms with Crippen molar-refractivity contribution in [2.75, 3.05) is 0 Å². The molecule has 62 valence electrons. The van der Waals surface area contributed by atoms with Crippen molar-refractivity contribution < 1.29 is 4.92 Å². The molecule has 0 fully saturated rings. The van der Waals surface area contributed by atoms with Gasteiger partial charge in [0.15, 0.2) is 0 Å². The molecule has 2 N–H and O–H groups in total. The van der Waals surface area contributed by atoms with Gasteiger partial charge in [-0.2, -0.15) is 0 Å². The lowest BCUT2D eigenvalue weighted by Gasteiger charge is -1.95. The van der Waals surface area contributed by atoms with Crippen LogP contribution in [-0.4, -0.2) is 4.92 Å². The van der Waals surface area contributed by atoms with Gasteiger partial charge in [0.2, 0.25) is 0 Å². The standard InChI is InChI=1S/C8H8N2O2/c9-6-8(10(11)12)7-4-2-1-3-5-7/h1-6H,9H2/b8-6-. The van der Waals surface area contributed by atoms with Gasteiger partial charge < -0.3 is 5.73 Å². The van der Waals surface area contributed by atoms with Crippen LogP contribution >= 0.6 is 0 Å². The highest BCUT2D eigenvalue weighted by Crippen LogP contribution is 2.12. The van der Waals surface area contributed by atoms with Gasteiger partial charge in [-0.05, 0) is 12.1 Å². The molecule has 1 aromatic rings. The first kappa shape index (κ1) is 8.26. The Balaban J connectivity index is 3.05. The molecule has 0 heterocycles. The molecule has 0 aliphatic carbocycles. The molecule has 0 amide bonds. The average Bonchev–Trinajstić information content (AvgIpc) is 2.07. The minimum atomic E-state index is -0.505. The van der Waals surface area contributed by atoms with E-state index in [-0.39, 0.29) is 5.70 Å². The highest BCUT2D eigenvalue weighted by Gasteiger charge is 2.11. The van der Waals surface area contributed by atoms with Crippen molar-refractivity contribution in [3.63, 3.8) is 0 Å². The van der Waals surface area contributed by atoms with Crippen molar-refractivity contribution >= 4 is 5.70 Å². The van der Waals surface area contributed by atoms with Gasteiger partial charge in [-0.1, -0.05) is 18.2 Å². The van der Waals surface area contributed by atoms with Gasteiger partial charge >= 0.3 is 0 Å². The minimum Gasteiger partial charge on any atom is -0.399 e. The lowest BCUT2D eigenvalue weighted by atomic mass is 10.2. The van der Waals surface area contributed by atoms with Crippen LogP contribution in [0.25, 0.3) is 5.70 Å². The van der Waals surface area contributed by atoms with Crippen LogP contribution in [0.4, 0.5) is 0 Å². The number of rotatable bonds is 2. The molecule has 0 aliphatic rings. The third kappa shape index (κ3) is 1.60. The van der Waals surface area contributed by atoms with Crippen LogP contribution in [-0.2, 0) is 0 Å². The fourth-order valence-corrected chi connectivity index (χ4v) is 0.871. The van der Waals surface area contributed by atoms with Crippen molar-refractivity contribution in [2.24, 2.45) is 5.73 Å². The second kappa shape index (κ2) is 3.52. The summed E-state index contributed by atoms with van der Waals surface area (Å²) in [5.41, 5.74) is 5.55. The predicted molar refractivity (Wildman–Crippen MR) is 45.6 cm³/mol. The Labute approximate surface area is 69.5 Å². The van der Waals surface area contributed by atoms with Gasteiger partial charge in [-0.25, -0.2) is 0 Å². The summed E-state index contributed by atoms with van der Waals surface area (Å²) in [5.74, 6) is 0. The lowest BCUT2D eigenvalue weighted by Crippen LogP contribution is -2.00. The minimum absolute atomic E-state index is 0.0735. The third-order valence-corrected chi connectivity index (χ3v) is 1.42. The zero-order valence-electron chi connectivity index (χ0n) is 6.31. The Bertz CT molecular complexity index is 306. The molecule has 0 aliphatic heterocycles. The molecule has 0 radical (unpaired) electrons. The van der Waals surface area contributed by atoms with Crippen molar-refractivity contribution in [3.05, 3.63) is 52.2 Å². The molecule has 12 heavy (non-hydrogen) atoms. The molecule has 0 spiro atoms. The van der Waals surface area contributed by atoms with Crippen LogP contribution < -0.4 is 5.73 Å². The summed E-state index contributed by atoms with van der Waals surface area (Å²) in [6.07, 6.45) is 0.995. The summed E-state index contributed by atoms with van der Waals surface area (Å²) in [6, 6.07) is 8.52. The van der Waals surface area contributed by atoms with Crippen LogP contribution in [0.1, 0.15) is 5.56 Å². The number of hydrogen-bond donors (Lipinski definition) is 1. The number of nitrogens with two attached hydrogens (primary N) is 1. The summed E-state index contributed by atoms with van der Waals surface area (Å²) < 4.78 is 0. The average molecular weight is 164 g/mol. The van der Waals surface area contributed by atoms with Crippen LogP contribution in [0.2, 0.25) is 0 Å². The normalized spacial score (nSPS) is 11.2. The van der Waals surface area contributed by atoms with Crippen molar-refractivity contribution in [1.29, 1.82) is 0 Å². The van der Waals surface area contributed by atoms with Crippen molar-refractivity contribution in [1.82, 2.24) is 0 Å². The first-order valence-corrected chi connectivity index (χ1v) is 3.37. The fraction of sp³-hybridized carbons (Fsp3) is 0. The Hall–Kier alpha value is -1.84. The Morgan fingerprint density at radius 1 is 1.42 bits per heavy atom. The highest BCUT2D eigenvalue weighted by molar-refractivity contribution is 5.57. The molecule has 0 unspecified atom stereocenters. The SMILES string of the molecule is N/C=C(/c1ccccc1)[N+](=O)[O-]. The number of nitro groups is 1. The maximum absolute atomic E-state index is 10.4. The van der Waals surface area contributed by atoms with E-state index in [0.717, 1.165) is 6.20 Å². The molecular formula is C8H8N2O2. The van der Waals surface area contributed by atoms with Crippen LogP contribution in [0, 0.1) is 10.1 Å². The topological polar surface area (TPSA) is 69.2 Å². The second-order valence-electron chi connectivity index (χ2n) is 2.18. The lowest BCUT2D eigenvalue weighted by molar-refractivity contribution is -0.375. The van der Waals surface area contributed by atoms with Gasteiger partial charge in [0.05, 0.1) is 16.7 Å². The molecule has 4 nitrogen and oxygen atoms in total. The Morgan fingerprint density at radius 2 is 2.00 bits per heavy atom. The Kier molecular flexibility index (Phi) is 2.42. The van der Waals surface area contributed by atoms with Crippen molar-refractivity contribution in [2.45, 2.75) is 0 Å². The summed E-state index contributed by atoms with van der Waals surface area (Å²) in [4.78, 5) is 9.88. The van der Waals surface area contributed by atoms with E-state index in [2.05, 4.69) is 0 Å². The molecule has 0 saturated heterocycles.